The van der Waals surface area contributed by atoms with Crippen LogP contribution in [0.1, 0.15) is 26.3 Å². The standard InChI is InChI=1S/C17H14N2O3/c1-10-6-7-11(17(21)22)8-15(10)19-16(20)13-9-18-14-5-3-2-4-12(13)14/h2-9,18H,1H3,(H,19,20)(H,21,22). The molecule has 0 bridgehead atoms. The number of rotatable bonds is 3. The number of carboxylic acids is 1. The van der Waals surface area contributed by atoms with E-state index in [0.717, 1.165) is 16.5 Å². The van der Waals surface area contributed by atoms with Gasteiger partial charge < -0.3 is 15.4 Å². The number of hydrogen-bond acceptors (Lipinski definition) is 2. The number of aromatic carboxylic acids is 1. The van der Waals surface area contributed by atoms with Crippen LogP contribution in [0.4, 0.5) is 5.69 Å². The van der Waals surface area contributed by atoms with Gasteiger partial charge >= 0.3 is 5.97 Å². The van der Waals surface area contributed by atoms with E-state index >= 15 is 0 Å². The Morgan fingerprint density at radius 2 is 1.91 bits per heavy atom. The molecule has 1 aromatic heterocycles. The number of carbonyl (C=O) groups excluding carboxylic acids is 1. The van der Waals surface area contributed by atoms with Gasteiger partial charge in [0.2, 0.25) is 0 Å². The topological polar surface area (TPSA) is 82.2 Å². The number of para-hydroxylation sites is 1. The number of hydrogen-bond donors (Lipinski definition) is 3. The molecule has 0 unspecified atom stereocenters. The van der Waals surface area contributed by atoms with Crippen molar-refractivity contribution in [3.05, 3.63) is 65.4 Å². The highest BCUT2D eigenvalue weighted by molar-refractivity contribution is 6.13. The summed E-state index contributed by atoms with van der Waals surface area (Å²) in [6, 6.07) is 12.2. The number of fused-ring (bicyclic) bond motifs is 1. The summed E-state index contributed by atoms with van der Waals surface area (Å²) in [4.78, 5) is 26.5. The van der Waals surface area contributed by atoms with Gasteiger partial charge in [-0.3, -0.25) is 4.79 Å². The van der Waals surface area contributed by atoms with Crippen molar-refractivity contribution in [3.63, 3.8) is 0 Å². The molecule has 0 saturated carbocycles. The van der Waals surface area contributed by atoms with Crippen LogP contribution < -0.4 is 5.32 Å². The van der Waals surface area contributed by atoms with Crippen molar-refractivity contribution in [3.8, 4) is 0 Å². The van der Waals surface area contributed by atoms with Gasteiger partial charge in [-0.25, -0.2) is 4.79 Å². The molecule has 0 radical (unpaired) electrons. The zero-order chi connectivity index (χ0) is 15.7. The number of aryl methyl sites for hydroxylation is 1. The van der Waals surface area contributed by atoms with E-state index in [-0.39, 0.29) is 11.5 Å². The van der Waals surface area contributed by atoms with Crippen molar-refractivity contribution in [1.82, 2.24) is 4.98 Å². The summed E-state index contributed by atoms with van der Waals surface area (Å²) in [5, 5.41) is 12.6. The summed E-state index contributed by atoms with van der Waals surface area (Å²) in [6.07, 6.45) is 1.65. The number of nitrogens with one attached hydrogen (secondary N) is 2. The molecule has 3 aromatic rings. The highest BCUT2D eigenvalue weighted by Gasteiger charge is 2.14. The molecule has 5 nitrogen and oxygen atoms in total. The quantitative estimate of drug-likeness (QED) is 0.692. The van der Waals surface area contributed by atoms with Crippen LogP contribution in [0, 0.1) is 6.92 Å². The lowest BCUT2D eigenvalue weighted by Gasteiger charge is -2.09. The average Bonchev–Trinajstić information content (AvgIpc) is 2.93. The van der Waals surface area contributed by atoms with Gasteiger partial charge in [0.05, 0.1) is 11.1 Å². The van der Waals surface area contributed by atoms with Crippen molar-refractivity contribution in [2.75, 3.05) is 5.32 Å². The second-order valence-corrected chi connectivity index (χ2v) is 5.04. The first-order valence-electron chi connectivity index (χ1n) is 6.77. The van der Waals surface area contributed by atoms with Crippen LogP contribution in [0.15, 0.2) is 48.7 Å². The SMILES string of the molecule is Cc1ccc(C(=O)O)cc1NC(=O)c1c[nH]c2ccccc12. The Bertz CT molecular complexity index is 880. The normalized spacial score (nSPS) is 10.6. The number of aromatic nitrogens is 1. The van der Waals surface area contributed by atoms with Crippen molar-refractivity contribution in [1.29, 1.82) is 0 Å². The van der Waals surface area contributed by atoms with Gasteiger partial charge in [-0.2, -0.15) is 0 Å². The number of anilines is 1. The molecule has 0 aliphatic heterocycles. The molecule has 0 saturated heterocycles. The predicted molar refractivity (Wildman–Crippen MR) is 84.4 cm³/mol. The lowest BCUT2D eigenvalue weighted by atomic mass is 10.1. The molecule has 5 heteroatoms. The van der Waals surface area contributed by atoms with Crippen LogP contribution in [0.25, 0.3) is 10.9 Å². The number of carbonyl (C=O) groups is 2. The molecule has 22 heavy (non-hydrogen) atoms. The zero-order valence-corrected chi connectivity index (χ0v) is 11.9. The lowest BCUT2D eigenvalue weighted by Crippen LogP contribution is -2.13. The van der Waals surface area contributed by atoms with Gasteiger partial charge in [0.25, 0.3) is 5.91 Å². The zero-order valence-electron chi connectivity index (χ0n) is 11.9. The summed E-state index contributed by atoms with van der Waals surface area (Å²) in [6.45, 7) is 1.82. The molecule has 2 aromatic carbocycles. The molecule has 0 aliphatic rings. The minimum Gasteiger partial charge on any atom is -0.478 e. The summed E-state index contributed by atoms with van der Waals surface area (Å²) < 4.78 is 0. The molecule has 110 valence electrons. The van der Waals surface area contributed by atoms with Crippen molar-refractivity contribution < 1.29 is 14.7 Å². The van der Waals surface area contributed by atoms with Crippen LogP contribution in [-0.2, 0) is 0 Å². The Kier molecular flexibility index (Phi) is 3.39. The maximum atomic E-state index is 12.4. The molecule has 0 spiro atoms. The van der Waals surface area contributed by atoms with E-state index < -0.39 is 5.97 Å². The van der Waals surface area contributed by atoms with Crippen LogP contribution in [0.3, 0.4) is 0 Å². The Labute approximate surface area is 126 Å². The molecular weight excluding hydrogens is 280 g/mol. The van der Waals surface area contributed by atoms with Crippen molar-refractivity contribution in [2.24, 2.45) is 0 Å². The molecular formula is C17H14N2O3. The third kappa shape index (κ3) is 2.44. The minimum atomic E-state index is -1.03. The second kappa shape index (κ2) is 5.37. The fourth-order valence-corrected chi connectivity index (χ4v) is 2.34. The fraction of sp³-hybridized carbons (Fsp3) is 0.0588. The lowest BCUT2D eigenvalue weighted by molar-refractivity contribution is 0.0696. The van der Waals surface area contributed by atoms with E-state index in [1.54, 1.807) is 12.3 Å². The largest absolute Gasteiger partial charge is 0.478 e. The van der Waals surface area contributed by atoms with E-state index in [1.807, 2.05) is 31.2 Å². The molecule has 3 rings (SSSR count). The Morgan fingerprint density at radius 3 is 2.68 bits per heavy atom. The average molecular weight is 294 g/mol. The van der Waals surface area contributed by atoms with Gasteiger partial charge in [0.15, 0.2) is 0 Å². The summed E-state index contributed by atoms with van der Waals surface area (Å²) in [5.74, 6) is -1.30. The molecule has 0 fully saturated rings. The van der Waals surface area contributed by atoms with Crippen molar-refractivity contribution >= 4 is 28.5 Å². The molecule has 0 aliphatic carbocycles. The molecule has 1 amide bonds. The molecule has 1 heterocycles. The third-order valence-corrected chi connectivity index (χ3v) is 3.57. The van der Waals surface area contributed by atoms with Gasteiger partial charge in [-0.15, -0.1) is 0 Å². The number of H-pyrrole nitrogens is 1. The summed E-state index contributed by atoms with van der Waals surface area (Å²) in [7, 11) is 0. The first-order chi connectivity index (χ1) is 10.6. The van der Waals surface area contributed by atoms with Gasteiger partial charge in [-0.1, -0.05) is 24.3 Å². The predicted octanol–water partition coefficient (Wildman–Crippen LogP) is 3.43. The summed E-state index contributed by atoms with van der Waals surface area (Å²) in [5.41, 5.74) is 2.84. The number of aromatic amines is 1. The minimum absolute atomic E-state index is 0.139. The highest BCUT2D eigenvalue weighted by Crippen LogP contribution is 2.21. The maximum Gasteiger partial charge on any atom is 0.335 e. The smallest absolute Gasteiger partial charge is 0.335 e. The van der Waals surface area contributed by atoms with Crippen LogP contribution >= 0.6 is 0 Å². The summed E-state index contributed by atoms with van der Waals surface area (Å²) >= 11 is 0. The second-order valence-electron chi connectivity index (χ2n) is 5.04. The number of benzene rings is 2. The van der Waals surface area contributed by atoms with Crippen molar-refractivity contribution in [2.45, 2.75) is 6.92 Å². The van der Waals surface area contributed by atoms with Crippen LogP contribution in [0.5, 0.6) is 0 Å². The van der Waals surface area contributed by atoms with E-state index in [4.69, 9.17) is 5.11 Å². The van der Waals surface area contributed by atoms with Gasteiger partial charge in [-0.05, 0) is 30.7 Å². The van der Waals surface area contributed by atoms with E-state index in [2.05, 4.69) is 10.3 Å². The number of carboxylic acid groups (broad SMARTS) is 1. The first-order valence-corrected chi connectivity index (χ1v) is 6.77. The third-order valence-electron chi connectivity index (χ3n) is 3.57. The Balaban J connectivity index is 1.94. The van der Waals surface area contributed by atoms with Gasteiger partial charge in [0.1, 0.15) is 0 Å². The van der Waals surface area contributed by atoms with E-state index in [9.17, 15) is 9.59 Å². The van der Waals surface area contributed by atoms with Gasteiger partial charge in [0, 0.05) is 22.8 Å². The van der Waals surface area contributed by atoms with Crippen LogP contribution in [0.2, 0.25) is 0 Å². The molecule has 3 N–H and O–H groups in total. The monoisotopic (exact) mass is 294 g/mol. The fourth-order valence-electron chi connectivity index (χ4n) is 2.34. The van der Waals surface area contributed by atoms with E-state index in [0.29, 0.717) is 11.3 Å². The maximum absolute atomic E-state index is 12.4. The number of amides is 1. The van der Waals surface area contributed by atoms with Crippen LogP contribution in [-0.4, -0.2) is 22.0 Å². The first kappa shape index (κ1) is 13.9. The highest BCUT2D eigenvalue weighted by atomic mass is 16.4. The van der Waals surface area contributed by atoms with E-state index in [1.165, 1.54) is 12.1 Å². The Hall–Kier alpha value is -3.08. The Morgan fingerprint density at radius 1 is 1.14 bits per heavy atom. The molecule has 0 atom stereocenters.